The van der Waals surface area contributed by atoms with Crippen LogP contribution in [0.1, 0.15) is 0 Å². The van der Waals surface area contributed by atoms with Crippen LogP contribution in [0, 0.1) is 0 Å². The number of benzene rings is 6. The van der Waals surface area contributed by atoms with Gasteiger partial charge in [0.15, 0.2) is 12.0 Å². The van der Waals surface area contributed by atoms with Crippen molar-refractivity contribution in [1.29, 1.82) is 0 Å². The fraction of sp³-hybridized carbons (Fsp3) is 0.0345. The summed E-state index contributed by atoms with van der Waals surface area (Å²) in [7, 11) is 0. The minimum absolute atomic E-state index is 0.215. The van der Waals surface area contributed by atoms with Gasteiger partial charge >= 0.3 is 5.51 Å². The Morgan fingerprint density at radius 3 is 2.06 bits per heavy atom. The lowest BCUT2D eigenvalue weighted by Gasteiger charge is -2.15. The smallest absolute Gasteiger partial charge is 0.416 e. The standard InChI is InChI=1S/C29H14F3NOS/c30-29(31,32)35-34-24-14-21-18-9-5-11-23-26(18)27-20(25(21)17-8-2-1-7-16(17)24)13-12-19-15-6-3-4-10-22(15)33(23)28(19)27/h1-14H. The zero-order valence-electron chi connectivity index (χ0n) is 18.0. The summed E-state index contributed by atoms with van der Waals surface area (Å²) < 4.78 is 46.7. The molecule has 0 bridgehead atoms. The highest BCUT2D eigenvalue weighted by Crippen LogP contribution is 2.50. The van der Waals surface area contributed by atoms with Crippen molar-refractivity contribution in [2.75, 3.05) is 0 Å². The maximum absolute atomic E-state index is 13.0. The number of hydrogen-bond acceptors (Lipinski definition) is 2. The number of para-hydroxylation sites is 1. The van der Waals surface area contributed by atoms with Crippen molar-refractivity contribution in [3.05, 3.63) is 84.9 Å². The summed E-state index contributed by atoms with van der Waals surface area (Å²) in [5, 5.41) is 10.3. The molecule has 2 aromatic heterocycles. The van der Waals surface area contributed by atoms with Crippen LogP contribution in [0.3, 0.4) is 0 Å². The maximum Gasteiger partial charge on any atom is 0.479 e. The molecule has 0 spiro atoms. The average molecular weight is 481 g/mol. The summed E-state index contributed by atoms with van der Waals surface area (Å²) in [5.41, 5.74) is -1.05. The van der Waals surface area contributed by atoms with Crippen LogP contribution in [0.5, 0.6) is 5.75 Å². The molecule has 0 unspecified atom stereocenters. The number of nitrogens with zero attached hydrogens (tertiary/aromatic N) is 1. The Morgan fingerprint density at radius 2 is 1.23 bits per heavy atom. The van der Waals surface area contributed by atoms with Gasteiger partial charge < -0.3 is 8.58 Å². The number of halogens is 3. The molecule has 0 radical (unpaired) electrons. The third kappa shape index (κ3) is 2.42. The lowest BCUT2D eigenvalue weighted by Crippen LogP contribution is -2.03. The predicted molar refractivity (Wildman–Crippen MR) is 139 cm³/mol. The Balaban J connectivity index is 1.64. The van der Waals surface area contributed by atoms with Crippen LogP contribution in [0.15, 0.2) is 84.9 Å². The van der Waals surface area contributed by atoms with Gasteiger partial charge in [-0.05, 0) is 45.1 Å². The molecule has 8 aromatic rings. The molecule has 0 amide bonds. The Kier molecular flexibility index (Phi) is 3.55. The summed E-state index contributed by atoms with van der Waals surface area (Å²) in [6.45, 7) is 0. The fourth-order valence-electron chi connectivity index (χ4n) is 5.99. The first-order chi connectivity index (χ1) is 17.0. The van der Waals surface area contributed by atoms with Gasteiger partial charge in [0.1, 0.15) is 5.75 Å². The van der Waals surface area contributed by atoms with Gasteiger partial charge in [0.2, 0.25) is 0 Å². The van der Waals surface area contributed by atoms with Crippen LogP contribution >= 0.6 is 12.0 Å². The Labute approximate surface area is 200 Å². The molecule has 6 heteroatoms. The van der Waals surface area contributed by atoms with Crippen LogP contribution in [0.25, 0.3) is 70.4 Å². The Morgan fingerprint density at radius 1 is 0.571 bits per heavy atom. The summed E-state index contributed by atoms with van der Waals surface area (Å²) in [6.07, 6.45) is 0. The first-order valence-corrected chi connectivity index (χ1v) is 11.9. The van der Waals surface area contributed by atoms with E-state index in [-0.39, 0.29) is 5.75 Å². The summed E-state index contributed by atoms with van der Waals surface area (Å²) >= 11 is -0.472. The van der Waals surface area contributed by atoms with E-state index in [9.17, 15) is 13.2 Å². The van der Waals surface area contributed by atoms with Crippen LogP contribution in [0.4, 0.5) is 13.2 Å². The van der Waals surface area contributed by atoms with Gasteiger partial charge in [0, 0.05) is 26.9 Å². The van der Waals surface area contributed by atoms with Gasteiger partial charge in [0.05, 0.1) is 16.6 Å². The molecule has 0 aliphatic rings. The zero-order valence-corrected chi connectivity index (χ0v) is 18.8. The van der Waals surface area contributed by atoms with Crippen molar-refractivity contribution in [2.45, 2.75) is 5.51 Å². The van der Waals surface area contributed by atoms with Crippen LogP contribution in [-0.4, -0.2) is 9.91 Å². The second-order valence-corrected chi connectivity index (χ2v) is 9.69. The topological polar surface area (TPSA) is 13.6 Å². The zero-order chi connectivity index (χ0) is 23.5. The monoisotopic (exact) mass is 481 g/mol. The minimum atomic E-state index is -4.49. The van der Waals surface area contributed by atoms with Crippen molar-refractivity contribution in [2.24, 2.45) is 0 Å². The Bertz CT molecular complexity index is 2110. The first-order valence-electron chi connectivity index (χ1n) is 11.2. The van der Waals surface area contributed by atoms with Gasteiger partial charge in [-0.3, -0.25) is 0 Å². The average Bonchev–Trinajstić information content (AvgIpc) is 3.39. The summed E-state index contributed by atoms with van der Waals surface area (Å²) in [4.78, 5) is 0. The van der Waals surface area contributed by atoms with Gasteiger partial charge in [-0.25, -0.2) is 0 Å². The third-order valence-electron chi connectivity index (χ3n) is 7.16. The molecule has 0 saturated carbocycles. The van der Waals surface area contributed by atoms with E-state index >= 15 is 0 Å². The fourth-order valence-corrected chi connectivity index (χ4v) is 6.31. The summed E-state index contributed by atoms with van der Waals surface area (Å²) in [5.74, 6) is 0.215. The largest absolute Gasteiger partial charge is 0.479 e. The minimum Gasteiger partial charge on any atom is -0.416 e. The molecule has 2 heterocycles. The van der Waals surface area contributed by atoms with E-state index in [4.69, 9.17) is 4.18 Å². The van der Waals surface area contributed by atoms with Gasteiger partial charge in [-0.15, -0.1) is 0 Å². The molecule has 8 rings (SSSR count). The summed E-state index contributed by atoms with van der Waals surface area (Å²) in [6, 6.07) is 28.3. The maximum atomic E-state index is 13.0. The number of alkyl halides is 3. The molecule has 168 valence electrons. The second-order valence-electron chi connectivity index (χ2n) is 8.89. The van der Waals surface area contributed by atoms with Crippen molar-refractivity contribution in [1.82, 2.24) is 4.40 Å². The molecular formula is C29H14F3NOS. The molecule has 2 nitrogen and oxygen atoms in total. The van der Waals surface area contributed by atoms with Crippen molar-refractivity contribution < 1.29 is 17.4 Å². The molecule has 0 saturated heterocycles. The molecule has 0 fully saturated rings. The quantitative estimate of drug-likeness (QED) is 0.180. The molecular weight excluding hydrogens is 467 g/mol. The lowest BCUT2D eigenvalue weighted by molar-refractivity contribution is -0.0369. The molecule has 0 atom stereocenters. The molecule has 0 aliphatic heterocycles. The highest BCUT2D eigenvalue weighted by Gasteiger charge is 2.32. The van der Waals surface area contributed by atoms with Gasteiger partial charge in [-0.1, -0.05) is 66.7 Å². The predicted octanol–water partition coefficient (Wildman–Crippen LogP) is 9.28. The van der Waals surface area contributed by atoms with E-state index in [1.807, 2.05) is 30.3 Å². The third-order valence-corrected chi connectivity index (χ3v) is 7.61. The van der Waals surface area contributed by atoms with E-state index in [1.165, 1.54) is 21.7 Å². The van der Waals surface area contributed by atoms with E-state index in [0.29, 0.717) is 5.39 Å². The van der Waals surface area contributed by atoms with Crippen LogP contribution in [0.2, 0.25) is 0 Å². The number of hydrogen-bond donors (Lipinski definition) is 0. The molecule has 0 N–H and O–H groups in total. The highest BCUT2D eigenvalue weighted by atomic mass is 32.2. The van der Waals surface area contributed by atoms with Gasteiger partial charge in [0.25, 0.3) is 0 Å². The SMILES string of the molecule is FC(F)(F)SOc1cc2c3cccc4c3c3c(ccc5c6ccccc6n4c53)c2c2ccccc12. The number of rotatable bonds is 2. The van der Waals surface area contributed by atoms with Crippen LogP contribution in [-0.2, 0) is 0 Å². The van der Waals surface area contributed by atoms with Crippen molar-refractivity contribution in [3.63, 3.8) is 0 Å². The van der Waals surface area contributed by atoms with E-state index in [1.54, 1.807) is 6.07 Å². The second kappa shape index (κ2) is 6.40. The van der Waals surface area contributed by atoms with Crippen molar-refractivity contribution in [3.8, 4) is 5.75 Å². The highest BCUT2D eigenvalue weighted by molar-refractivity contribution is 7.95. The van der Waals surface area contributed by atoms with E-state index in [0.717, 1.165) is 43.4 Å². The van der Waals surface area contributed by atoms with E-state index in [2.05, 4.69) is 52.9 Å². The van der Waals surface area contributed by atoms with Gasteiger partial charge in [-0.2, -0.15) is 13.2 Å². The molecule has 6 aromatic carbocycles. The first kappa shape index (κ1) is 19.4. The number of aromatic nitrogens is 1. The van der Waals surface area contributed by atoms with Crippen LogP contribution < -0.4 is 4.18 Å². The Hall–Kier alpha value is -3.90. The van der Waals surface area contributed by atoms with Crippen molar-refractivity contribution >= 4 is 82.5 Å². The number of fused-ring (bicyclic) bond motifs is 9. The van der Waals surface area contributed by atoms with E-state index < -0.39 is 17.6 Å². The normalized spacial score (nSPS) is 13.1. The molecule has 0 aliphatic carbocycles. The lowest BCUT2D eigenvalue weighted by atomic mass is 9.90. The molecule has 35 heavy (non-hydrogen) atoms.